The predicted molar refractivity (Wildman–Crippen MR) is 110 cm³/mol. The Bertz CT molecular complexity index is 1110. The molecule has 3 aromatic rings. The van der Waals surface area contributed by atoms with Crippen molar-refractivity contribution in [3.8, 4) is 0 Å². The smallest absolute Gasteiger partial charge is 0.258 e. The summed E-state index contributed by atoms with van der Waals surface area (Å²) in [6.07, 6.45) is 3.13. The van der Waals surface area contributed by atoms with Crippen LogP contribution in [-0.2, 0) is 18.4 Å². The van der Waals surface area contributed by atoms with E-state index in [-0.39, 0.29) is 24.1 Å². The molecular formula is C20H22ClN5O2. The summed E-state index contributed by atoms with van der Waals surface area (Å²) in [5.74, 6) is 0.236. The Kier molecular flexibility index (Phi) is 5.65. The summed E-state index contributed by atoms with van der Waals surface area (Å²) in [6, 6.07) is 7.03. The lowest BCUT2D eigenvalue weighted by Crippen LogP contribution is -2.36. The summed E-state index contributed by atoms with van der Waals surface area (Å²) in [5.41, 5.74) is 1.84. The number of para-hydroxylation sites is 1. The predicted octanol–water partition coefficient (Wildman–Crippen LogP) is 3.07. The van der Waals surface area contributed by atoms with Gasteiger partial charge in [0.2, 0.25) is 5.91 Å². The van der Waals surface area contributed by atoms with Crippen molar-refractivity contribution in [3.63, 3.8) is 0 Å². The summed E-state index contributed by atoms with van der Waals surface area (Å²) in [6.45, 7) is 5.85. The average molecular weight is 400 g/mol. The molecule has 0 unspecified atom stereocenters. The molecule has 0 saturated carbocycles. The summed E-state index contributed by atoms with van der Waals surface area (Å²) in [4.78, 5) is 33.9. The lowest BCUT2D eigenvalue weighted by molar-refractivity contribution is -0.128. The van der Waals surface area contributed by atoms with Gasteiger partial charge in [0.05, 0.1) is 23.1 Å². The van der Waals surface area contributed by atoms with Crippen LogP contribution in [-0.4, -0.2) is 36.6 Å². The molecule has 0 aliphatic heterocycles. The number of benzene rings is 1. The highest BCUT2D eigenvalue weighted by atomic mass is 35.5. The van der Waals surface area contributed by atoms with Crippen LogP contribution in [0.2, 0.25) is 5.15 Å². The van der Waals surface area contributed by atoms with E-state index in [2.05, 4.69) is 15.1 Å². The zero-order valence-corrected chi connectivity index (χ0v) is 17.0. The van der Waals surface area contributed by atoms with E-state index in [0.29, 0.717) is 27.4 Å². The van der Waals surface area contributed by atoms with Crippen LogP contribution in [0.5, 0.6) is 0 Å². The van der Waals surface area contributed by atoms with Gasteiger partial charge in [0.25, 0.3) is 5.56 Å². The molecule has 3 rings (SSSR count). The fourth-order valence-electron chi connectivity index (χ4n) is 2.97. The molecule has 8 heteroatoms. The molecule has 0 atom stereocenters. The minimum Gasteiger partial charge on any atom is -0.329 e. The topological polar surface area (TPSA) is 83.9 Å². The number of nitrogens with one attached hydrogen (secondary N) is 1. The second-order valence-corrected chi connectivity index (χ2v) is 7.19. The molecule has 0 aliphatic carbocycles. The van der Waals surface area contributed by atoms with Gasteiger partial charge in [-0.1, -0.05) is 23.7 Å². The molecular weight excluding hydrogens is 378 g/mol. The maximum Gasteiger partial charge on any atom is 0.258 e. The fourth-order valence-corrected chi connectivity index (χ4v) is 3.21. The summed E-state index contributed by atoms with van der Waals surface area (Å²) >= 11 is 6.22. The first-order valence-electron chi connectivity index (χ1n) is 8.93. The van der Waals surface area contributed by atoms with Crippen LogP contribution < -0.4 is 5.56 Å². The maximum absolute atomic E-state index is 12.8. The first-order valence-corrected chi connectivity index (χ1v) is 9.31. The van der Waals surface area contributed by atoms with Gasteiger partial charge in [0.1, 0.15) is 11.0 Å². The molecule has 28 heavy (non-hydrogen) atoms. The van der Waals surface area contributed by atoms with Crippen LogP contribution in [0.3, 0.4) is 0 Å². The van der Waals surface area contributed by atoms with Crippen molar-refractivity contribution in [1.82, 2.24) is 24.6 Å². The van der Waals surface area contributed by atoms with E-state index in [0.717, 1.165) is 5.69 Å². The van der Waals surface area contributed by atoms with Crippen molar-refractivity contribution >= 4 is 34.5 Å². The van der Waals surface area contributed by atoms with Gasteiger partial charge < -0.3 is 9.88 Å². The van der Waals surface area contributed by atoms with Crippen molar-refractivity contribution in [1.29, 1.82) is 0 Å². The van der Waals surface area contributed by atoms with Gasteiger partial charge in [0.15, 0.2) is 0 Å². The zero-order chi connectivity index (χ0) is 20.4. The molecule has 146 valence electrons. The van der Waals surface area contributed by atoms with Crippen molar-refractivity contribution in [2.45, 2.75) is 33.4 Å². The number of halogens is 1. The second kappa shape index (κ2) is 7.98. The Morgan fingerprint density at radius 3 is 2.71 bits per heavy atom. The van der Waals surface area contributed by atoms with E-state index in [9.17, 15) is 9.59 Å². The molecule has 7 nitrogen and oxygen atoms in total. The van der Waals surface area contributed by atoms with Crippen LogP contribution in [0.15, 0.2) is 35.1 Å². The van der Waals surface area contributed by atoms with Crippen LogP contribution in [0, 0.1) is 6.92 Å². The summed E-state index contributed by atoms with van der Waals surface area (Å²) in [7, 11) is 1.75. The first kappa shape index (κ1) is 19.8. The summed E-state index contributed by atoms with van der Waals surface area (Å²) < 4.78 is 1.56. The Morgan fingerprint density at radius 1 is 1.36 bits per heavy atom. The standard InChI is InChI=1S/C20H22ClN5O2/c1-12(2)26(18(27)10-9-14-13(3)24-25(4)19(14)21)11-17-22-16-8-6-5-7-15(16)20(28)23-17/h5-10,12H,11H2,1-4H3,(H,22,23,28)/b10-9+. The molecule has 1 amide bonds. The van der Waals surface area contributed by atoms with Crippen LogP contribution in [0.4, 0.5) is 0 Å². The molecule has 0 fully saturated rings. The lowest BCUT2D eigenvalue weighted by Gasteiger charge is -2.25. The largest absolute Gasteiger partial charge is 0.329 e. The first-order chi connectivity index (χ1) is 13.3. The van der Waals surface area contributed by atoms with Crippen LogP contribution >= 0.6 is 11.6 Å². The third-order valence-electron chi connectivity index (χ3n) is 4.48. The molecule has 0 bridgehead atoms. The van der Waals surface area contributed by atoms with Gasteiger partial charge >= 0.3 is 0 Å². The van der Waals surface area contributed by atoms with Gasteiger partial charge in [-0.2, -0.15) is 5.10 Å². The number of nitrogens with zero attached hydrogens (tertiary/aromatic N) is 4. The van der Waals surface area contributed by atoms with Crippen LogP contribution in [0.25, 0.3) is 17.0 Å². The highest BCUT2D eigenvalue weighted by Gasteiger charge is 2.18. The molecule has 0 spiro atoms. The van der Waals surface area contributed by atoms with E-state index in [4.69, 9.17) is 11.6 Å². The quantitative estimate of drug-likeness (QED) is 0.668. The van der Waals surface area contributed by atoms with E-state index in [1.807, 2.05) is 26.8 Å². The van der Waals surface area contributed by atoms with E-state index in [1.165, 1.54) is 6.08 Å². The molecule has 1 N–H and O–H groups in total. The monoisotopic (exact) mass is 399 g/mol. The van der Waals surface area contributed by atoms with E-state index in [1.54, 1.807) is 40.9 Å². The maximum atomic E-state index is 12.8. The normalized spacial score (nSPS) is 11.6. The van der Waals surface area contributed by atoms with Gasteiger partial charge in [-0.05, 0) is 39.0 Å². The summed E-state index contributed by atoms with van der Waals surface area (Å²) in [5, 5.41) is 5.23. The molecule has 0 aliphatic rings. The molecule has 1 aromatic carbocycles. The number of rotatable bonds is 5. The number of carbonyl (C=O) groups is 1. The highest BCUT2D eigenvalue weighted by Crippen LogP contribution is 2.20. The number of aryl methyl sites for hydroxylation is 2. The van der Waals surface area contributed by atoms with Crippen LogP contribution in [0.1, 0.15) is 30.9 Å². The van der Waals surface area contributed by atoms with Gasteiger partial charge in [-0.25, -0.2) is 4.98 Å². The number of aromatic amines is 1. The molecule has 0 radical (unpaired) electrons. The van der Waals surface area contributed by atoms with Crippen molar-refractivity contribution < 1.29 is 4.79 Å². The fraction of sp³-hybridized carbons (Fsp3) is 0.300. The Morgan fingerprint density at radius 2 is 2.07 bits per heavy atom. The molecule has 0 saturated heterocycles. The number of fused-ring (bicyclic) bond motifs is 1. The third-order valence-corrected chi connectivity index (χ3v) is 4.93. The second-order valence-electron chi connectivity index (χ2n) is 6.84. The number of hydrogen-bond acceptors (Lipinski definition) is 4. The number of aromatic nitrogens is 4. The Labute approximate surface area is 167 Å². The number of amides is 1. The molecule has 2 heterocycles. The number of carbonyl (C=O) groups excluding carboxylic acids is 1. The highest BCUT2D eigenvalue weighted by molar-refractivity contribution is 6.31. The minimum absolute atomic E-state index is 0.0839. The van der Waals surface area contributed by atoms with E-state index < -0.39 is 0 Å². The number of H-pyrrole nitrogens is 1. The van der Waals surface area contributed by atoms with Crippen molar-refractivity contribution in [3.05, 3.63) is 62.9 Å². The number of hydrogen-bond donors (Lipinski definition) is 1. The Balaban J connectivity index is 1.86. The van der Waals surface area contributed by atoms with Crippen molar-refractivity contribution in [2.75, 3.05) is 0 Å². The third kappa shape index (κ3) is 3.99. The molecule has 2 aromatic heterocycles. The SMILES string of the molecule is Cc1nn(C)c(Cl)c1/C=C/C(=O)N(Cc1nc2ccccc2c(=O)[nH]1)C(C)C. The minimum atomic E-state index is -0.218. The Hall–Kier alpha value is -2.93. The van der Waals surface area contributed by atoms with Gasteiger partial charge in [-0.3, -0.25) is 14.3 Å². The van der Waals surface area contributed by atoms with Gasteiger partial charge in [-0.15, -0.1) is 0 Å². The van der Waals surface area contributed by atoms with E-state index >= 15 is 0 Å². The zero-order valence-electron chi connectivity index (χ0n) is 16.2. The average Bonchev–Trinajstić information content (AvgIpc) is 2.89. The van der Waals surface area contributed by atoms with Crippen molar-refractivity contribution in [2.24, 2.45) is 7.05 Å². The lowest BCUT2D eigenvalue weighted by atomic mass is 10.2. The van der Waals surface area contributed by atoms with Gasteiger partial charge in [0, 0.05) is 24.7 Å².